The van der Waals surface area contributed by atoms with Crippen LogP contribution in [-0.4, -0.2) is 45.8 Å². The smallest absolute Gasteiger partial charge is 0.262 e. The summed E-state index contributed by atoms with van der Waals surface area (Å²) in [6.07, 6.45) is 2.70. The summed E-state index contributed by atoms with van der Waals surface area (Å²) in [7, 11) is 3.64. The van der Waals surface area contributed by atoms with E-state index >= 15 is 0 Å². The monoisotopic (exact) mass is 384 g/mol. The molecule has 1 aliphatic rings. The van der Waals surface area contributed by atoms with Crippen LogP contribution in [0.15, 0.2) is 29.2 Å². The fraction of sp³-hybridized carbons (Fsp3) is 0.368. The molecule has 0 saturated heterocycles. The number of aryl methyl sites for hydroxylation is 2. The second kappa shape index (κ2) is 7.06. The van der Waals surface area contributed by atoms with Gasteiger partial charge in [0, 0.05) is 40.0 Å². The molecule has 0 saturated carbocycles. The predicted octanol–water partition coefficient (Wildman–Crippen LogP) is 1.60. The van der Waals surface area contributed by atoms with Gasteiger partial charge in [0.1, 0.15) is 17.0 Å². The van der Waals surface area contributed by atoms with Crippen molar-refractivity contribution in [3.63, 3.8) is 0 Å². The average Bonchev–Trinajstić information content (AvgIpc) is 2.96. The van der Waals surface area contributed by atoms with Gasteiger partial charge in [0.05, 0.1) is 17.6 Å². The fourth-order valence-electron chi connectivity index (χ4n) is 3.56. The van der Waals surface area contributed by atoms with Crippen molar-refractivity contribution in [3.05, 3.63) is 46.4 Å². The second-order valence-corrected chi connectivity index (χ2v) is 6.97. The number of aromatic nitrogens is 4. The Balaban J connectivity index is 1.57. The number of hydrogen-bond donors (Lipinski definition) is 1. The highest BCUT2D eigenvalue weighted by Crippen LogP contribution is 2.32. The molecule has 2 aromatic heterocycles. The van der Waals surface area contributed by atoms with E-state index < -0.39 is 0 Å². The van der Waals surface area contributed by atoms with E-state index in [0.717, 1.165) is 18.7 Å². The van der Waals surface area contributed by atoms with Gasteiger partial charge in [-0.25, -0.2) is 9.37 Å². The van der Waals surface area contributed by atoms with Crippen molar-refractivity contribution in [2.75, 3.05) is 29.9 Å². The van der Waals surface area contributed by atoms with Crippen molar-refractivity contribution in [2.45, 2.75) is 19.3 Å². The van der Waals surface area contributed by atoms with Crippen LogP contribution < -0.4 is 15.4 Å². The number of hydrogen-bond acceptors (Lipinski definition) is 5. The minimum absolute atomic E-state index is 0.130. The lowest BCUT2D eigenvalue weighted by Crippen LogP contribution is -2.32. The summed E-state index contributed by atoms with van der Waals surface area (Å²) < 4.78 is 15.4. The molecule has 0 unspecified atom stereocenters. The van der Waals surface area contributed by atoms with E-state index in [2.05, 4.69) is 15.1 Å². The summed E-state index contributed by atoms with van der Waals surface area (Å²) in [5, 5.41) is 4.45. The number of benzene rings is 1. The third-order valence-electron chi connectivity index (χ3n) is 5.04. The summed E-state index contributed by atoms with van der Waals surface area (Å²) in [4.78, 5) is 35.8. The van der Waals surface area contributed by atoms with Crippen LogP contribution >= 0.6 is 0 Å². The molecule has 146 valence electrons. The van der Waals surface area contributed by atoms with Crippen LogP contribution in [0.4, 0.5) is 15.8 Å². The molecule has 28 heavy (non-hydrogen) atoms. The van der Waals surface area contributed by atoms with Gasteiger partial charge in [0.15, 0.2) is 5.65 Å². The van der Waals surface area contributed by atoms with Crippen LogP contribution in [0.25, 0.3) is 11.0 Å². The maximum absolute atomic E-state index is 13.8. The zero-order chi connectivity index (χ0) is 19.8. The number of nitrogens with zero attached hydrogens (tertiary/aromatic N) is 5. The van der Waals surface area contributed by atoms with E-state index in [0.29, 0.717) is 29.1 Å². The molecule has 0 atom stereocenters. The number of halogens is 1. The van der Waals surface area contributed by atoms with E-state index in [1.165, 1.54) is 23.0 Å². The van der Waals surface area contributed by atoms with Gasteiger partial charge < -0.3 is 14.8 Å². The number of amides is 1. The van der Waals surface area contributed by atoms with E-state index in [9.17, 15) is 14.0 Å². The van der Waals surface area contributed by atoms with Gasteiger partial charge in [-0.1, -0.05) is 0 Å². The number of rotatable bonds is 3. The van der Waals surface area contributed by atoms with Crippen LogP contribution in [0.5, 0.6) is 0 Å². The van der Waals surface area contributed by atoms with Gasteiger partial charge in [-0.05, 0) is 24.6 Å². The second-order valence-electron chi connectivity index (χ2n) is 6.97. The Kier molecular flexibility index (Phi) is 4.58. The first-order valence-corrected chi connectivity index (χ1v) is 9.16. The Morgan fingerprint density at radius 3 is 2.89 bits per heavy atom. The highest BCUT2D eigenvalue weighted by Gasteiger charge is 2.24. The summed E-state index contributed by atoms with van der Waals surface area (Å²) in [5.74, 6) is -0.0738. The molecule has 9 heteroatoms. The maximum atomic E-state index is 13.8. The lowest BCUT2D eigenvalue weighted by atomic mass is 10.2. The van der Waals surface area contributed by atoms with Crippen molar-refractivity contribution in [2.24, 2.45) is 7.05 Å². The Labute approximate surface area is 160 Å². The lowest BCUT2D eigenvalue weighted by Gasteiger charge is -2.24. The largest absolute Gasteiger partial charge is 0.373 e. The van der Waals surface area contributed by atoms with Crippen LogP contribution in [0.2, 0.25) is 0 Å². The first-order valence-electron chi connectivity index (χ1n) is 9.16. The first kappa shape index (κ1) is 18.1. The van der Waals surface area contributed by atoms with Gasteiger partial charge in [-0.3, -0.25) is 14.3 Å². The van der Waals surface area contributed by atoms with Crippen molar-refractivity contribution in [3.8, 4) is 0 Å². The standard InChI is InChI=1S/C19H21FN6O2/c1-24-8-3-9-26(15-10-12(20)4-5-14(15)24)17(27)7-6-16-22-18-13(19(28)23-16)11-21-25(18)2/h4-5,10-11H,3,6-9H2,1-2H3,(H,22,23,28). The fourth-order valence-corrected chi connectivity index (χ4v) is 3.56. The molecule has 8 nitrogen and oxygen atoms in total. The number of carbonyl (C=O) groups excluding carboxylic acids is 1. The third-order valence-corrected chi connectivity index (χ3v) is 5.04. The van der Waals surface area contributed by atoms with Crippen molar-refractivity contribution >= 4 is 28.3 Å². The van der Waals surface area contributed by atoms with Crippen LogP contribution in [0.3, 0.4) is 0 Å². The Bertz CT molecular complexity index is 1110. The molecule has 1 N–H and O–H groups in total. The topological polar surface area (TPSA) is 87.1 Å². The molecule has 3 aromatic rings. The highest BCUT2D eigenvalue weighted by molar-refractivity contribution is 5.97. The molecule has 3 heterocycles. The van der Waals surface area contributed by atoms with Crippen molar-refractivity contribution in [1.29, 1.82) is 0 Å². The predicted molar refractivity (Wildman–Crippen MR) is 104 cm³/mol. The molecular weight excluding hydrogens is 363 g/mol. The van der Waals surface area contributed by atoms with Gasteiger partial charge in [0.25, 0.3) is 5.56 Å². The molecule has 1 amide bonds. The number of nitrogens with one attached hydrogen (secondary N) is 1. The Morgan fingerprint density at radius 2 is 2.07 bits per heavy atom. The van der Waals surface area contributed by atoms with E-state index in [1.54, 1.807) is 18.0 Å². The van der Waals surface area contributed by atoms with Crippen LogP contribution in [0.1, 0.15) is 18.7 Å². The minimum atomic E-state index is -0.375. The summed E-state index contributed by atoms with van der Waals surface area (Å²) in [6.45, 7) is 1.30. The van der Waals surface area contributed by atoms with Gasteiger partial charge in [0.2, 0.25) is 5.91 Å². The molecule has 1 aliphatic heterocycles. The maximum Gasteiger partial charge on any atom is 0.262 e. The highest BCUT2D eigenvalue weighted by atomic mass is 19.1. The SMILES string of the molecule is CN1CCCN(C(=O)CCc2nc3c(cnn3C)c(=O)[nH]2)c2cc(F)ccc21. The molecule has 1 aromatic carbocycles. The molecule has 0 aliphatic carbocycles. The van der Waals surface area contributed by atoms with Gasteiger partial charge in [-0.2, -0.15) is 5.10 Å². The van der Waals surface area contributed by atoms with E-state index in [4.69, 9.17) is 0 Å². The number of carbonyl (C=O) groups is 1. The molecule has 0 fully saturated rings. The molecular formula is C19H21FN6O2. The van der Waals surface area contributed by atoms with E-state index in [1.807, 2.05) is 11.9 Å². The van der Waals surface area contributed by atoms with Crippen molar-refractivity contribution in [1.82, 2.24) is 19.7 Å². The number of H-pyrrole nitrogens is 1. The Morgan fingerprint density at radius 1 is 1.25 bits per heavy atom. The molecule has 0 spiro atoms. The number of fused-ring (bicyclic) bond motifs is 2. The normalized spacial score (nSPS) is 14.2. The average molecular weight is 384 g/mol. The zero-order valence-electron chi connectivity index (χ0n) is 15.8. The minimum Gasteiger partial charge on any atom is -0.373 e. The molecule has 0 bridgehead atoms. The van der Waals surface area contributed by atoms with Crippen molar-refractivity contribution < 1.29 is 9.18 Å². The summed E-state index contributed by atoms with van der Waals surface area (Å²) in [5.41, 5.74) is 1.61. The summed E-state index contributed by atoms with van der Waals surface area (Å²) >= 11 is 0. The molecule has 0 radical (unpaired) electrons. The third kappa shape index (κ3) is 3.23. The van der Waals surface area contributed by atoms with Crippen LogP contribution in [-0.2, 0) is 18.3 Å². The lowest BCUT2D eigenvalue weighted by molar-refractivity contribution is -0.118. The molecule has 4 rings (SSSR count). The zero-order valence-corrected chi connectivity index (χ0v) is 15.8. The number of aromatic amines is 1. The van der Waals surface area contributed by atoms with Gasteiger partial charge >= 0.3 is 0 Å². The van der Waals surface area contributed by atoms with E-state index in [-0.39, 0.29) is 30.1 Å². The Hall–Kier alpha value is -3.23. The van der Waals surface area contributed by atoms with Crippen LogP contribution in [0, 0.1) is 5.82 Å². The quantitative estimate of drug-likeness (QED) is 0.741. The number of anilines is 2. The van der Waals surface area contributed by atoms with Gasteiger partial charge in [-0.15, -0.1) is 0 Å². The summed E-state index contributed by atoms with van der Waals surface area (Å²) in [6, 6.07) is 4.50. The first-order chi connectivity index (χ1) is 13.4.